The summed E-state index contributed by atoms with van der Waals surface area (Å²) in [7, 11) is 0. The van der Waals surface area contributed by atoms with Crippen LogP contribution in [-0.4, -0.2) is 38.7 Å². The first-order valence-corrected chi connectivity index (χ1v) is 6.84. The summed E-state index contributed by atoms with van der Waals surface area (Å²) in [5, 5.41) is 13.0. The Labute approximate surface area is 124 Å². The largest absolute Gasteiger partial charge is 0.480 e. The predicted octanol–water partition coefficient (Wildman–Crippen LogP) is 2.13. The van der Waals surface area contributed by atoms with Gasteiger partial charge in [0, 0.05) is 6.42 Å². The van der Waals surface area contributed by atoms with Crippen LogP contribution >= 0.6 is 12.4 Å². The van der Waals surface area contributed by atoms with E-state index in [2.05, 4.69) is 24.0 Å². The number of likely N-dealkylation sites (tertiary alicyclic amines) is 1. The van der Waals surface area contributed by atoms with Crippen LogP contribution in [-0.2, 0) is 17.8 Å². The molecule has 7 heteroatoms. The Bertz CT molecular complexity index is 436. The molecule has 1 aromatic rings. The Morgan fingerprint density at radius 3 is 2.95 bits per heavy atom. The topological polar surface area (TPSA) is 79.5 Å². The van der Waals surface area contributed by atoms with Gasteiger partial charge in [-0.3, -0.25) is 9.69 Å². The maximum Gasteiger partial charge on any atom is 0.320 e. The average molecular weight is 304 g/mol. The first-order chi connectivity index (χ1) is 9.06. The Morgan fingerprint density at radius 1 is 1.55 bits per heavy atom. The fraction of sp³-hybridized carbons (Fsp3) is 0.769. The first-order valence-electron chi connectivity index (χ1n) is 6.84. The summed E-state index contributed by atoms with van der Waals surface area (Å²) < 4.78 is 5.19. The predicted molar refractivity (Wildman–Crippen MR) is 75.8 cm³/mol. The van der Waals surface area contributed by atoms with E-state index in [4.69, 9.17) is 9.63 Å². The van der Waals surface area contributed by atoms with E-state index in [-0.39, 0.29) is 12.4 Å². The molecule has 1 atom stereocenters. The number of carboxylic acid groups (broad SMARTS) is 1. The van der Waals surface area contributed by atoms with Crippen LogP contribution in [0.1, 0.15) is 44.8 Å². The van der Waals surface area contributed by atoms with Crippen LogP contribution in [0.5, 0.6) is 0 Å². The molecule has 1 N–H and O–H groups in total. The summed E-state index contributed by atoms with van der Waals surface area (Å²) in [6, 6.07) is -0.411. The van der Waals surface area contributed by atoms with Gasteiger partial charge in [-0.05, 0) is 31.7 Å². The van der Waals surface area contributed by atoms with Crippen LogP contribution in [0.25, 0.3) is 0 Å². The highest BCUT2D eigenvalue weighted by atomic mass is 35.5. The molecule has 0 amide bonds. The van der Waals surface area contributed by atoms with Crippen molar-refractivity contribution >= 4 is 18.4 Å². The number of aryl methyl sites for hydroxylation is 1. The summed E-state index contributed by atoms with van der Waals surface area (Å²) in [5.41, 5.74) is 0. The second-order valence-corrected chi connectivity index (χ2v) is 5.50. The quantitative estimate of drug-likeness (QED) is 0.867. The Hall–Kier alpha value is -1.14. The summed E-state index contributed by atoms with van der Waals surface area (Å²) in [5.74, 6) is 1.08. The average Bonchev–Trinajstić information content (AvgIpc) is 2.96. The molecule has 1 aliphatic heterocycles. The van der Waals surface area contributed by atoms with Gasteiger partial charge >= 0.3 is 5.97 Å². The van der Waals surface area contributed by atoms with E-state index in [9.17, 15) is 4.79 Å². The molecule has 6 nitrogen and oxygen atoms in total. The van der Waals surface area contributed by atoms with Gasteiger partial charge in [0.15, 0.2) is 5.82 Å². The third-order valence-electron chi connectivity index (χ3n) is 3.44. The first kappa shape index (κ1) is 16.9. The number of carbonyl (C=O) groups is 1. The van der Waals surface area contributed by atoms with E-state index < -0.39 is 12.0 Å². The highest BCUT2D eigenvalue weighted by Gasteiger charge is 2.31. The minimum atomic E-state index is -0.767. The maximum atomic E-state index is 11.1. The number of hydrogen-bond donors (Lipinski definition) is 1. The second kappa shape index (κ2) is 7.59. The number of rotatable bonds is 6. The van der Waals surface area contributed by atoms with Crippen LogP contribution in [0.3, 0.4) is 0 Å². The lowest BCUT2D eigenvalue weighted by atomic mass is 10.1. The van der Waals surface area contributed by atoms with Crippen LogP contribution < -0.4 is 0 Å². The van der Waals surface area contributed by atoms with Crippen molar-refractivity contribution in [3.8, 4) is 0 Å². The number of halogens is 1. The molecule has 1 saturated heterocycles. The number of hydrogen-bond acceptors (Lipinski definition) is 5. The van der Waals surface area contributed by atoms with E-state index in [0.717, 1.165) is 31.6 Å². The lowest BCUT2D eigenvalue weighted by Gasteiger charge is -2.18. The smallest absolute Gasteiger partial charge is 0.320 e. The lowest BCUT2D eigenvalue weighted by molar-refractivity contribution is -0.142. The Balaban J connectivity index is 0.00000200. The molecule has 1 aliphatic rings. The van der Waals surface area contributed by atoms with Gasteiger partial charge in [-0.1, -0.05) is 19.0 Å². The third kappa shape index (κ3) is 4.45. The van der Waals surface area contributed by atoms with Crippen molar-refractivity contribution in [2.45, 2.75) is 52.1 Å². The molecular weight excluding hydrogens is 282 g/mol. The van der Waals surface area contributed by atoms with E-state index in [1.807, 2.05) is 4.90 Å². The minimum absolute atomic E-state index is 0. The molecular formula is C13H22ClN3O3. The zero-order valence-electron chi connectivity index (χ0n) is 11.9. The Morgan fingerprint density at radius 2 is 2.30 bits per heavy atom. The van der Waals surface area contributed by atoms with Gasteiger partial charge in [-0.25, -0.2) is 0 Å². The van der Waals surface area contributed by atoms with Crippen LogP contribution in [0.2, 0.25) is 0 Å². The molecule has 2 heterocycles. The summed E-state index contributed by atoms with van der Waals surface area (Å²) in [6.45, 7) is 5.53. The second-order valence-electron chi connectivity index (χ2n) is 5.50. The minimum Gasteiger partial charge on any atom is -0.480 e. The molecule has 1 fully saturated rings. The fourth-order valence-electron chi connectivity index (χ4n) is 2.34. The van der Waals surface area contributed by atoms with Gasteiger partial charge in [0.25, 0.3) is 0 Å². The third-order valence-corrected chi connectivity index (χ3v) is 3.44. The SMILES string of the molecule is CC(C)CCc1noc(CN2CCCC2C(=O)O)n1.Cl. The molecule has 20 heavy (non-hydrogen) atoms. The monoisotopic (exact) mass is 303 g/mol. The molecule has 2 rings (SSSR count). The molecule has 0 radical (unpaired) electrons. The molecule has 114 valence electrons. The van der Waals surface area contributed by atoms with Crippen LogP contribution in [0.4, 0.5) is 0 Å². The van der Waals surface area contributed by atoms with Gasteiger partial charge < -0.3 is 9.63 Å². The summed E-state index contributed by atoms with van der Waals surface area (Å²) >= 11 is 0. The highest BCUT2D eigenvalue weighted by molar-refractivity contribution is 5.85. The number of nitrogens with zero attached hydrogens (tertiary/aromatic N) is 3. The normalized spacial score (nSPS) is 19.2. The fourth-order valence-corrected chi connectivity index (χ4v) is 2.34. The standard InChI is InChI=1S/C13H21N3O3.ClH/c1-9(2)5-6-11-14-12(19-15-11)8-16-7-3-4-10(16)13(17)18;/h9-10H,3-8H2,1-2H3,(H,17,18);1H. The van der Waals surface area contributed by atoms with Gasteiger partial charge in [-0.2, -0.15) is 4.98 Å². The van der Waals surface area contributed by atoms with Gasteiger partial charge in [0.05, 0.1) is 6.54 Å². The van der Waals surface area contributed by atoms with E-state index in [0.29, 0.717) is 24.8 Å². The zero-order valence-corrected chi connectivity index (χ0v) is 12.7. The van der Waals surface area contributed by atoms with Crippen molar-refractivity contribution < 1.29 is 14.4 Å². The van der Waals surface area contributed by atoms with Gasteiger partial charge in [0.2, 0.25) is 5.89 Å². The highest BCUT2D eigenvalue weighted by Crippen LogP contribution is 2.19. The number of aliphatic carboxylic acids is 1. The molecule has 0 saturated carbocycles. The molecule has 0 bridgehead atoms. The van der Waals surface area contributed by atoms with E-state index in [1.54, 1.807) is 0 Å². The molecule has 0 aromatic carbocycles. The molecule has 1 aromatic heterocycles. The van der Waals surface area contributed by atoms with Crippen LogP contribution in [0, 0.1) is 5.92 Å². The van der Waals surface area contributed by atoms with Crippen molar-refractivity contribution in [1.82, 2.24) is 15.0 Å². The Kier molecular flexibility index (Phi) is 6.42. The van der Waals surface area contributed by atoms with Gasteiger partial charge in [0.1, 0.15) is 6.04 Å². The van der Waals surface area contributed by atoms with Crippen molar-refractivity contribution in [3.63, 3.8) is 0 Å². The maximum absolute atomic E-state index is 11.1. The van der Waals surface area contributed by atoms with Crippen molar-refractivity contribution in [1.29, 1.82) is 0 Å². The van der Waals surface area contributed by atoms with E-state index >= 15 is 0 Å². The van der Waals surface area contributed by atoms with Crippen LogP contribution in [0.15, 0.2) is 4.52 Å². The zero-order chi connectivity index (χ0) is 13.8. The molecule has 0 aliphatic carbocycles. The van der Waals surface area contributed by atoms with Gasteiger partial charge in [-0.15, -0.1) is 12.4 Å². The lowest BCUT2D eigenvalue weighted by Crippen LogP contribution is -2.35. The number of carboxylic acids is 1. The molecule has 0 spiro atoms. The summed E-state index contributed by atoms with van der Waals surface area (Å²) in [6.07, 6.45) is 3.44. The summed E-state index contributed by atoms with van der Waals surface area (Å²) in [4.78, 5) is 17.3. The van der Waals surface area contributed by atoms with Crippen molar-refractivity contribution in [2.24, 2.45) is 5.92 Å². The van der Waals surface area contributed by atoms with E-state index in [1.165, 1.54) is 0 Å². The number of aromatic nitrogens is 2. The van der Waals surface area contributed by atoms with Crippen molar-refractivity contribution in [2.75, 3.05) is 6.54 Å². The van der Waals surface area contributed by atoms with Crippen molar-refractivity contribution in [3.05, 3.63) is 11.7 Å². The molecule has 1 unspecified atom stereocenters.